The Kier molecular flexibility index (Phi) is 8.89. The van der Waals surface area contributed by atoms with E-state index in [1.165, 1.54) is 5.56 Å². The average Bonchev–Trinajstić information content (AvgIpc) is 2.90. The van der Waals surface area contributed by atoms with Crippen LogP contribution in [0.1, 0.15) is 12.5 Å². The Morgan fingerprint density at radius 2 is 1.63 bits per heavy atom. The maximum Gasteiger partial charge on any atom is 0.360 e. The molecule has 0 aliphatic heterocycles. The van der Waals surface area contributed by atoms with E-state index in [1.807, 2.05) is 85.7 Å². The van der Waals surface area contributed by atoms with Crippen molar-refractivity contribution in [3.8, 4) is 0 Å². The molecule has 0 saturated carbocycles. The maximum atomic E-state index is 12.8. The molecule has 0 atom stereocenters. The van der Waals surface area contributed by atoms with Crippen LogP contribution in [0.3, 0.4) is 0 Å². The fourth-order valence-electron chi connectivity index (χ4n) is 3.50. The number of benzene rings is 3. The molecule has 35 heavy (non-hydrogen) atoms. The molecule has 0 spiro atoms. The fraction of sp³-hybridized carbons (Fsp3) is 0.214. The summed E-state index contributed by atoms with van der Waals surface area (Å²) in [5.74, 6) is -0.528. The van der Waals surface area contributed by atoms with E-state index in [9.17, 15) is 4.79 Å². The van der Waals surface area contributed by atoms with Gasteiger partial charge in [0.15, 0.2) is 5.71 Å². The largest absolute Gasteiger partial charge is 0.461 e. The molecule has 0 unspecified atom stereocenters. The summed E-state index contributed by atoms with van der Waals surface area (Å²) in [4.78, 5) is 14.6. The minimum atomic E-state index is -0.528. The average molecular weight is 472 g/mol. The van der Waals surface area contributed by atoms with E-state index in [1.54, 1.807) is 19.0 Å². The van der Waals surface area contributed by atoms with Crippen molar-refractivity contribution in [2.45, 2.75) is 13.5 Å². The zero-order valence-corrected chi connectivity index (χ0v) is 20.8. The van der Waals surface area contributed by atoms with Crippen molar-refractivity contribution in [1.29, 1.82) is 0 Å². The standard InChI is InChI=1S/C28H33N5O2/c1-6-35-28(34)27(21(2)32(4)26-15-11-10-14-25(26)29-3)31-33(5)24-18-16-23(17-19-24)30-20-22-12-8-7-9-13-22/h7-19,29-30H,2,6,20H2,1,3-5H3/b31-27-. The Morgan fingerprint density at radius 1 is 0.971 bits per heavy atom. The van der Waals surface area contributed by atoms with Crippen LogP contribution in [0.4, 0.5) is 22.7 Å². The molecule has 0 saturated heterocycles. The lowest BCUT2D eigenvalue weighted by atomic mass is 10.2. The monoisotopic (exact) mass is 471 g/mol. The van der Waals surface area contributed by atoms with Gasteiger partial charge in [-0.2, -0.15) is 5.10 Å². The predicted molar refractivity (Wildman–Crippen MR) is 146 cm³/mol. The van der Waals surface area contributed by atoms with Crippen LogP contribution >= 0.6 is 0 Å². The molecule has 3 aromatic rings. The van der Waals surface area contributed by atoms with Crippen molar-refractivity contribution < 1.29 is 9.53 Å². The van der Waals surface area contributed by atoms with Crippen LogP contribution in [-0.2, 0) is 16.1 Å². The molecular formula is C28H33N5O2. The number of para-hydroxylation sites is 2. The lowest BCUT2D eigenvalue weighted by molar-refractivity contribution is -0.135. The Labute approximate surface area is 207 Å². The number of carbonyl (C=O) groups is 1. The SMILES string of the molecule is C=C(/C(=N/N(C)c1ccc(NCc2ccccc2)cc1)C(=O)OCC)N(C)c1ccccc1NC. The normalized spacial score (nSPS) is 10.9. The lowest BCUT2D eigenvalue weighted by Gasteiger charge is -2.25. The van der Waals surface area contributed by atoms with Gasteiger partial charge < -0.3 is 20.3 Å². The van der Waals surface area contributed by atoms with E-state index >= 15 is 0 Å². The van der Waals surface area contributed by atoms with E-state index < -0.39 is 5.97 Å². The van der Waals surface area contributed by atoms with Crippen molar-refractivity contribution in [3.63, 3.8) is 0 Å². The van der Waals surface area contributed by atoms with Crippen LogP contribution in [-0.4, -0.2) is 39.4 Å². The molecule has 0 bridgehead atoms. The molecule has 0 aromatic heterocycles. The number of esters is 1. The molecule has 0 aliphatic rings. The third-order valence-corrected chi connectivity index (χ3v) is 5.51. The first-order valence-corrected chi connectivity index (χ1v) is 11.5. The summed E-state index contributed by atoms with van der Waals surface area (Å²) in [5.41, 5.74) is 5.37. The summed E-state index contributed by atoms with van der Waals surface area (Å²) >= 11 is 0. The minimum absolute atomic E-state index is 0.133. The van der Waals surface area contributed by atoms with Gasteiger partial charge in [-0.3, -0.25) is 5.01 Å². The molecular weight excluding hydrogens is 438 g/mol. The summed E-state index contributed by atoms with van der Waals surface area (Å²) in [6, 6.07) is 25.9. The van der Waals surface area contributed by atoms with Gasteiger partial charge >= 0.3 is 5.97 Å². The highest BCUT2D eigenvalue weighted by atomic mass is 16.5. The van der Waals surface area contributed by atoms with E-state index in [0.717, 1.165) is 29.3 Å². The van der Waals surface area contributed by atoms with Crippen LogP contribution in [0.2, 0.25) is 0 Å². The highest BCUT2D eigenvalue weighted by Gasteiger charge is 2.23. The van der Waals surface area contributed by atoms with Gasteiger partial charge in [0.2, 0.25) is 0 Å². The number of hydrogen-bond acceptors (Lipinski definition) is 7. The molecule has 0 amide bonds. The molecule has 2 N–H and O–H groups in total. The molecule has 182 valence electrons. The summed E-state index contributed by atoms with van der Waals surface area (Å²) in [7, 11) is 5.49. The smallest absolute Gasteiger partial charge is 0.360 e. The maximum absolute atomic E-state index is 12.8. The van der Waals surface area contributed by atoms with Gasteiger partial charge in [0.1, 0.15) is 0 Å². The molecule has 7 heteroatoms. The summed E-state index contributed by atoms with van der Waals surface area (Å²) in [5, 5.41) is 12.8. The van der Waals surface area contributed by atoms with E-state index in [0.29, 0.717) is 5.70 Å². The Hall–Kier alpha value is -4.26. The van der Waals surface area contributed by atoms with E-state index in [4.69, 9.17) is 4.74 Å². The van der Waals surface area contributed by atoms with Gasteiger partial charge in [0.25, 0.3) is 0 Å². The van der Waals surface area contributed by atoms with Crippen molar-refractivity contribution in [3.05, 3.63) is 96.7 Å². The summed E-state index contributed by atoms with van der Waals surface area (Å²) in [6.45, 7) is 6.90. The van der Waals surface area contributed by atoms with Crippen LogP contribution in [0.15, 0.2) is 96.2 Å². The molecule has 0 radical (unpaired) electrons. The number of hydrazone groups is 1. The van der Waals surface area contributed by atoms with Gasteiger partial charge in [-0.05, 0) is 48.9 Å². The highest BCUT2D eigenvalue weighted by molar-refractivity contribution is 6.44. The molecule has 0 heterocycles. The minimum Gasteiger partial charge on any atom is -0.461 e. The third-order valence-electron chi connectivity index (χ3n) is 5.51. The quantitative estimate of drug-likeness (QED) is 0.223. The van der Waals surface area contributed by atoms with Crippen LogP contribution in [0, 0.1) is 0 Å². The number of nitrogens with zero attached hydrogens (tertiary/aromatic N) is 3. The summed E-state index contributed by atoms with van der Waals surface area (Å²) < 4.78 is 5.29. The number of carbonyl (C=O) groups excluding carboxylic acids is 1. The first-order valence-electron chi connectivity index (χ1n) is 11.5. The Balaban J connectivity index is 1.79. The number of ether oxygens (including phenoxy) is 1. The van der Waals surface area contributed by atoms with E-state index in [-0.39, 0.29) is 12.3 Å². The summed E-state index contributed by atoms with van der Waals surface area (Å²) in [6.07, 6.45) is 0. The van der Waals surface area contributed by atoms with Gasteiger partial charge in [0.05, 0.1) is 29.4 Å². The Morgan fingerprint density at radius 3 is 2.29 bits per heavy atom. The highest BCUT2D eigenvalue weighted by Crippen LogP contribution is 2.27. The number of hydrogen-bond donors (Lipinski definition) is 2. The van der Waals surface area contributed by atoms with Crippen LogP contribution in [0.5, 0.6) is 0 Å². The third kappa shape index (κ3) is 6.63. The van der Waals surface area contributed by atoms with Crippen molar-refractivity contribution in [2.24, 2.45) is 5.10 Å². The number of anilines is 4. The first-order chi connectivity index (χ1) is 16.9. The molecule has 7 nitrogen and oxygen atoms in total. The number of nitrogens with one attached hydrogen (secondary N) is 2. The zero-order valence-electron chi connectivity index (χ0n) is 20.8. The second-order valence-corrected chi connectivity index (χ2v) is 7.85. The first kappa shape index (κ1) is 25.4. The molecule has 0 aliphatic carbocycles. The van der Waals surface area contributed by atoms with Gasteiger partial charge in [-0.1, -0.05) is 49.0 Å². The number of rotatable bonds is 11. The second kappa shape index (κ2) is 12.3. The molecule has 3 rings (SSSR count). The van der Waals surface area contributed by atoms with Crippen LogP contribution < -0.4 is 20.5 Å². The van der Waals surface area contributed by atoms with Crippen molar-refractivity contribution in [1.82, 2.24) is 0 Å². The molecule has 0 fully saturated rings. The Bertz CT molecular complexity index is 1160. The predicted octanol–water partition coefficient (Wildman–Crippen LogP) is 5.35. The van der Waals surface area contributed by atoms with Gasteiger partial charge in [-0.15, -0.1) is 0 Å². The van der Waals surface area contributed by atoms with Gasteiger partial charge in [0, 0.05) is 33.4 Å². The lowest BCUT2D eigenvalue weighted by Crippen LogP contribution is -2.31. The fourth-order valence-corrected chi connectivity index (χ4v) is 3.50. The zero-order chi connectivity index (χ0) is 25.2. The van der Waals surface area contributed by atoms with Gasteiger partial charge in [-0.25, -0.2) is 4.79 Å². The van der Waals surface area contributed by atoms with E-state index in [2.05, 4.69) is 34.4 Å². The van der Waals surface area contributed by atoms with Crippen LogP contribution in [0.25, 0.3) is 0 Å². The van der Waals surface area contributed by atoms with Crippen molar-refractivity contribution >= 4 is 34.4 Å². The second-order valence-electron chi connectivity index (χ2n) is 7.85. The van der Waals surface area contributed by atoms with Crippen molar-refractivity contribution in [2.75, 3.05) is 48.3 Å². The topological polar surface area (TPSA) is 69.2 Å². The molecule has 3 aromatic carbocycles.